The molecule has 0 aliphatic heterocycles. The van der Waals surface area contributed by atoms with Crippen LogP contribution in [0.25, 0.3) is 0 Å². The van der Waals surface area contributed by atoms with E-state index in [-0.39, 0.29) is 5.56 Å². The second-order valence-corrected chi connectivity index (χ2v) is 3.42. The first-order valence-electron chi connectivity index (χ1n) is 4.68. The fourth-order valence-corrected chi connectivity index (χ4v) is 1.10. The first-order chi connectivity index (χ1) is 7.79. The Morgan fingerprint density at radius 2 is 1.88 bits per heavy atom. The van der Waals surface area contributed by atoms with E-state index in [4.69, 9.17) is 0 Å². The van der Waals surface area contributed by atoms with E-state index in [0.717, 1.165) is 12.1 Å². The van der Waals surface area contributed by atoms with Gasteiger partial charge in [0.25, 0.3) is 0 Å². The molecule has 96 valence electrons. The summed E-state index contributed by atoms with van der Waals surface area (Å²) in [6.07, 6.45) is -4.44. The maximum atomic E-state index is 12.8. The van der Waals surface area contributed by atoms with Gasteiger partial charge in [0.15, 0.2) is 18.2 Å². The van der Waals surface area contributed by atoms with E-state index >= 15 is 0 Å². The van der Waals surface area contributed by atoms with Gasteiger partial charge in [-0.3, -0.25) is 4.84 Å². The Balaban J connectivity index is 2.52. The summed E-state index contributed by atoms with van der Waals surface area (Å²) in [7, 11) is 0. The van der Waals surface area contributed by atoms with Crippen LogP contribution in [0.3, 0.4) is 0 Å². The van der Waals surface area contributed by atoms with Crippen LogP contribution < -0.4 is 5.48 Å². The average molecular weight is 255 g/mol. The fraction of sp³-hybridized carbons (Fsp3) is 0.400. The third-order valence-electron chi connectivity index (χ3n) is 1.94. The van der Waals surface area contributed by atoms with Crippen molar-refractivity contribution in [3.05, 3.63) is 35.4 Å². The molecule has 0 heterocycles. The first kappa shape index (κ1) is 13.9. The minimum absolute atomic E-state index is 0.283. The van der Waals surface area contributed by atoms with Crippen molar-refractivity contribution in [2.45, 2.75) is 19.1 Å². The number of benzene rings is 1. The van der Waals surface area contributed by atoms with E-state index < -0.39 is 30.5 Å². The molecule has 0 aromatic heterocycles. The summed E-state index contributed by atoms with van der Waals surface area (Å²) in [5, 5.41) is 0. The van der Waals surface area contributed by atoms with Crippen LogP contribution in [-0.4, -0.2) is 12.8 Å². The topological polar surface area (TPSA) is 21.3 Å². The van der Waals surface area contributed by atoms with Gasteiger partial charge in [-0.25, -0.2) is 8.78 Å². The standard InChI is InChI=1S/C10H10F5NO/c1-6(16-17-5-10(13,14)15)7-2-3-8(11)9(12)4-7/h2-4,6,16H,5H2,1H3. The molecule has 0 saturated carbocycles. The molecule has 0 aliphatic rings. The average Bonchev–Trinajstić information content (AvgIpc) is 2.20. The molecule has 7 heteroatoms. The molecule has 0 saturated heterocycles. The number of rotatable bonds is 4. The predicted molar refractivity (Wildman–Crippen MR) is 49.9 cm³/mol. The Bertz CT molecular complexity index is 379. The van der Waals surface area contributed by atoms with E-state index in [1.807, 2.05) is 0 Å². The van der Waals surface area contributed by atoms with Crippen LogP contribution in [0.1, 0.15) is 18.5 Å². The molecule has 1 aromatic rings. The number of hydroxylamine groups is 1. The monoisotopic (exact) mass is 255 g/mol. The van der Waals surface area contributed by atoms with Gasteiger partial charge in [-0.05, 0) is 24.6 Å². The van der Waals surface area contributed by atoms with Gasteiger partial charge in [-0.1, -0.05) is 6.07 Å². The molecule has 2 nitrogen and oxygen atoms in total. The van der Waals surface area contributed by atoms with Gasteiger partial charge in [0.1, 0.15) is 0 Å². The molecule has 0 fully saturated rings. The molecule has 0 bridgehead atoms. The van der Waals surface area contributed by atoms with Crippen LogP contribution in [0.4, 0.5) is 22.0 Å². The van der Waals surface area contributed by atoms with Gasteiger partial charge in [0.05, 0.1) is 6.04 Å². The lowest BCUT2D eigenvalue weighted by atomic mass is 10.1. The molecule has 0 radical (unpaired) electrons. The van der Waals surface area contributed by atoms with Gasteiger partial charge in [0.2, 0.25) is 0 Å². The van der Waals surface area contributed by atoms with Crippen LogP contribution in [0.5, 0.6) is 0 Å². The maximum Gasteiger partial charge on any atom is 0.413 e. The summed E-state index contributed by atoms with van der Waals surface area (Å²) in [6, 6.07) is 2.36. The highest BCUT2D eigenvalue weighted by Crippen LogP contribution is 2.17. The minimum Gasteiger partial charge on any atom is -0.292 e. The number of nitrogens with one attached hydrogen (secondary N) is 1. The van der Waals surface area contributed by atoms with Gasteiger partial charge in [-0.15, -0.1) is 0 Å². The highest BCUT2D eigenvalue weighted by molar-refractivity contribution is 5.20. The lowest BCUT2D eigenvalue weighted by molar-refractivity contribution is -0.192. The van der Waals surface area contributed by atoms with Crippen molar-refractivity contribution in [1.29, 1.82) is 0 Å². The molecule has 1 atom stereocenters. The van der Waals surface area contributed by atoms with Crippen LogP contribution in [-0.2, 0) is 4.84 Å². The molecule has 0 spiro atoms. The minimum atomic E-state index is -4.44. The SMILES string of the molecule is CC(NOCC(F)(F)F)c1ccc(F)c(F)c1. The normalized spacial score (nSPS) is 13.8. The lowest BCUT2D eigenvalue weighted by Crippen LogP contribution is -2.26. The second kappa shape index (κ2) is 5.42. The molecular weight excluding hydrogens is 245 g/mol. The van der Waals surface area contributed by atoms with Crippen molar-refractivity contribution < 1.29 is 26.8 Å². The molecule has 1 unspecified atom stereocenters. The van der Waals surface area contributed by atoms with Crippen molar-refractivity contribution in [3.8, 4) is 0 Å². The van der Waals surface area contributed by atoms with E-state index in [1.54, 1.807) is 0 Å². The van der Waals surface area contributed by atoms with Crippen LogP contribution >= 0.6 is 0 Å². The summed E-state index contributed by atoms with van der Waals surface area (Å²) in [6.45, 7) is 0.00404. The van der Waals surface area contributed by atoms with Crippen molar-refractivity contribution in [1.82, 2.24) is 5.48 Å². The molecule has 1 rings (SSSR count). The Kier molecular flexibility index (Phi) is 4.41. The molecule has 0 aliphatic carbocycles. The predicted octanol–water partition coefficient (Wildman–Crippen LogP) is 3.11. The third kappa shape index (κ3) is 4.66. The summed E-state index contributed by atoms with van der Waals surface area (Å²) in [5.74, 6) is -2.08. The zero-order valence-corrected chi connectivity index (χ0v) is 8.81. The van der Waals surface area contributed by atoms with Crippen molar-refractivity contribution in [3.63, 3.8) is 0 Å². The van der Waals surface area contributed by atoms with Crippen LogP contribution in [0.15, 0.2) is 18.2 Å². The van der Waals surface area contributed by atoms with E-state index in [9.17, 15) is 22.0 Å². The summed E-state index contributed by atoms with van der Waals surface area (Å²) in [4.78, 5) is 4.19. The number of hydrogen-bond donors (Lipinski definition) is 1. The Morgan fingerprint density at radius 1 is 1.24 bits per heavy atom. The molecule has 1 N–H and O–H groups in total. The van der Waals surface area contributed by atoms with Gasteiger partial charge < -0.3 is 0 Å². The van der Waals surface area contributed by atoms with Gasteiger partial charge >= 0.3 is 6.18 Å². The highest BCUT2D eigenvalue weighted by Gasteiger charge is 2.28. The number of hydrogen-bond acceptors (Lipinski definition) is 2. The van der Waals surface area contributed by atoms with Crippen molar-refractivity contribution in [2.75, 3.05) is 6.61 Å². The highest BCUT2D eigenvalue weighted by atomic mass is 19.4. The molecule has 1 aromatic carbocycles. The molecular formula is C10H10F5NO. The van der Waals surface area contributed by atoms with E-state index in [1.165, 1.54) is 13.0 Å². The third-order valence-corrected chi connectivity index (χ3v) is 1.94. The molecule has 0 amide bonds. The zero-order chi connectivity index (χ0) is 13.1. The largest absolute Gasteiger partial charge is 0.413 e. The summed E-state index contributed by atoms with van der Waals surface area (Å²) >= 11 is 0. The fourth-order valence-electron chi connectivity index (χ4n) is 1.10. The summed E-state index contributed by atoms with van der Waals surface area (Å²) in [5.41, 5.74) is 2.38. The van der Waals surface area contributed by atoms with Gasteiger partial charge in [0, 0.05) is 0 Å². The Labute approximate surface area is 94.3 Å². The second-order valence-electron chi connectivity index (χ2n) is 3.42. The van der Waals surface area contributed by atoms with E-state index in [2.05, 4.69) is 10.3 Å². The number of alkyl halides is 3. The van der Waals surface area contributed by atoms with Crippen molar-refractivity contribution in [2.24, 2.45) is 0 Å². The molecule has 17 heavy (non-hydrogen) atoms. The number of halogens is 5. The van der Waals surface area contributed by atoms with Gasteiger partial charge in [-0.2, -0.15) is 18.7 Å². The quantitative estimate of drug-likeness (QED) is 0.659. The maximum absolute atomic E-state index is 12.8. The van der Waals surface area contributed by atoms with Crippen LogP contribution in [0, 0.1) is 11.6 Å². The van der Waals surface area contributed by atoms with Crippen LogP contribution in [0.2, 0.25) is 0 Å². The smallest absolute Gasteiger partial charge is 0.292 e. The lowest BCUT2D eigenvalue weighted by Gasteiger charge is -2.15. The van der Waals surface area contributed by atoms with Crippen molar-refractivity contribution >= 4 is 0 Å². The first-order valence-corrected chi connectivity index (χ1v) is 4.68. The zero-order valence-electron chi connectivity index (χ0n) is 8.81. The van der Waals surface area contributed by atoms with E-state index in [0.29, 0.717) is 0 Å². The Morgan fingerprint density at radius 3 is 2.41 bits per heavy atom. The summed E-state index contributed by atoms with van der Waals surface area (Å²) < 4.78 is 60.7. The Hall–Kier alpha value is -1.21.